The molecule has 71 heavy (non-hydrogen) atoms. The molecule has 0 aromatic rings. The summed E-state index contributed by atoms with van der Waals surface area (Å²) in [7, 11) is 0. The van der Waals surface area contributed by atoms with Crippen LogP contribution in [0.25, 0.3) is 10.4 Å². The number of hydrogen-bond acceptors (Lipinski definition) is 28. The van der Waals surface area contributed by atoms with Crippen LogP contribution in [0.3, 0.4) is 0 Å². The van der Waals surface area contributed by atoms with Gasteiger partial charge < -0.3 is 136 Å². The van der Waals surface area contributed by atoms with E-state index < -0.39 is 185 Å². The van der Waals surface area contributed by atoms with Crippen molar-refractivity contribution in [2.75, 3.05) is 39.6 Å². The lowest BCUT2D eigenvalue weighted by molar-refractivity contribution is -0.363. The Morgan fingerprint density at radius 1 is 0.704 bits per heavy atom. The third kappa shape index (κ3) is 16.6. The number of ether oxygens (including phenoxy) is 8. The summed E-state index contributed by atoms with van der Waals surface area (Å²) < 4.78 is 44.8. The van der Waals surface area contributed by atoms with Gasteiger partial charge in [-0.15, -0.1) is 0 Å². The molecule has 4 rings (SSSR count). The maximum Gasteiger partial charge on any atom is 0.364 e. The lowest BCUT2D eigenvalue weighted by Crippen LogP contribution is -2.69. The fourth-order valence-electron chi connectivity index (χ4n) is 7.58. The molecule has 22 atom stereocenters. The van der Waals surface area contributed by atoms with Crippen molar-refractivity contribution < 1.29 is 134 Å². The van der Waals surface area contributed by atoms with E-state index in [1.807, 2.05) is 0 Å². The molecule has 4 saturated heterocycles. The first-order valence-electron chi connectivity index (χ1n) is 22.1. The molecular weight excluding hydrogens is 970 g/mol. The number of carboxylic acid groups (broad SMARTS) is 2. The second-order valence-electron chi connectivity index (χ2n) is 16.6. The van der Waals surface area contributed by atoms with Crippen LogP contribution in [0.4, 0.5) is 0 Å². The number of nitrogens with zero attached hydrogens (tertiary/aromatic N) is 3. The van der Waals surface area contributed by atoms with Gasteiger partial charge in [0.2, 0.25) is 0 Å². The van der Waals surface area contributed by atoms with Crippen LogP contribution in [0.1, 0.15) is 46.0 Å². The summed E-state index contributed by atoms with van der Waals surface area (Å²) in [6, 6.07) is -3.24. The lowest BCUT2D eigenvalue weighted by atomic mass is 9.88. The molecule has 4 aliphatic heterocycles. The predicted octanol–water partition coefficient (Wildman–Crippen LogP) is -8.49. The van der Waals surface area contributed by atoms with E-state index >= 15 is 0 Å². The highest BCUT2D eigenvalue weighted by atomic mass is 16.8. The second kappa shape index (κ2) is 30.1. The van der Waals surface area contributed by atoms with Crippen molar-refractivity contribution in [1.29, 1.82) is 0 Å². The number of carboxylic acids is 2. The molecule has 32 heteroatoms. The third-order valence-corrected chi connectivity index (χ3v) is 11.6. The topological polar surface area (TPSA) is 546 Å². The minimum atomic E-state index is -2.99. The number of unbranched alkanes of at least 4 members (excludes halogenated alkanes) is 2. The maximum atomic E-state index is 13.0. The third-order valence-electron chi connectivity index (χ3n) is 11.6. The van der Waals surface area contributed by atoms with Gasteiger partial charge in [0.1, 0.15) is 98.0 Å². The minimum absolute atomic E-state index is 0.0406. The molecule has 32 nitrogen and oxygen atoms in total. The number of rotatable bonds is 23. The first-order chi connectivity index (χ1) is 33.4. The Bertz CT molecular complexity index is 1670. The Balaban J connectivity index is 0.00000273. The largest absolute Gasteiger partial charge is 0.477 e. The Labute approximate surface area is 404 Å². The first-order valence-corrected chi connectivity index (χ1v) is 22.1. The van der Waals surface area contributed by atoms with Crippen LogP contribution in [-0.2, 0) is 57.1 Å². The summed E-state index contributed by atoms with van der Waals surface area (Å²) in [5.74, 6) is -9.75. The molecule has 19 N–H and O–H groups in total. The number of carbonyl (C=O) groups is 4. The van der Waals surface area contributed by atoms with Gasteiger partial charge in [0, 0.05) is 30.9 Å². The molecule has 4 aliphatic rings. The Morgan fingerprint density at radius 3 is 1.59 bits per heavy atom. The van der Waals surface area contributed by atoms with E-state index in [9.17, 15) is 86.2 Å². The fraction of sp³-hybridized carbons (Fsp3) is 0.897. The molecule has 0 aromatic heterocycles. The van der Waals surface area contributed by atoms with E-state index in [0.717, 1.165) is 12.6 Å². The van der Waals surface area contributed by atoms with Crippen molar-refractivity contribution in [3.8, 4) is 0 Å². The lowest BCUT2D eigenvalue weighted by Gasteiger charge is -2.49. The quantitative estimate of drug-likeness (QED) is 0.0149. The number of aliphatic hydroxyl groups is 13. The molecule has 0 amide bonds. The van der Waals surface area contributed by atoms with Crippen LogP contribution >= 0.6 is 0 Å². The van der Waals surface area contributed by atoms with Crippen molar-refractivity contribution >= 4 is 24.5 Å². The summed E-state index contributed by atoms with van der Waals surface area (Å²) in [6.45, 7) is -1.10. The summed E-state index contributed by atoms with van der Waals surface area (Å²) in [5, 5.41) is 160. The highest BCUT2D eigenvalue weighted by Crippen LogP contribution is 2.38. The van der Waals surface area contributed by atoms with Crippen LogP contribution in [-0.4, -0.2) is 275 Å². The van der Waals surface area contributed by atoms with Crippen molar-refractivity contribution in [3.63, 3.8) is 0 Å². The number of nitrogens with two attached hydrogens (primary N) is 2. The average Bonchev–Trinajstić information content (AvgIpc) is 3.34. The predicted molar refractivity (Wildman–Crippen MR) is 227 cm³/mol. The van der Waals surface area contributed by atoms with E-state index in [2.05, 4.69) is 10.0 Å². The molecule has 4 heterocycles. The number of aldehydes is 2. The number of carbonyl (C=O) groups excluding carboxylic acids is 2. The number of hydrogen-bond donors (Lipinski definition) is 17. The molecule has 4 fully saturated rings. The molecule has 0 aliphatic carbocycles. The van der Waals surface area contributed by atoms with E-state index in [4.69, 9.17) is 64.5 Å². The van der Waals surface area contributed by atoms with Crippen molar-refractivity contribution in [2.24, 2.45) is 16.6 Å². The number of aliphatic carboxylic acids is 2. The zero-order valence-electron chi connectivity index (χ0n) is 38.6. The zero-order chi connectivity index (χ0) is 54.0. The Hall–Kier alpha value is -3.33. The Kier molecular flexibility index (Phi) is 27.1. The molecule has 0 radical (unpaired) electrons. The van der Waals surface area contributed by atoms with Gasteiger partial charge in [-0.3, -0.25) is 0 Å². The summed E-state index contributed by atoms with van der Waals surface area (Å²) in [5.41, 5.74) is 20.6. The van der Waals surface area contributed by atoms with Crippen LogP contribution in [0.2, 0.25) is 0 Å². The van der Waals surface area contributed by atoms with E-state index in [1.54, 1.807) is 0 Å². The maximum absolute atomic E-state index is 13.0. The van der Waals surface area contributed by atoms with Crippen molar-refractivity contribution in [1.82, 2.24) is 0 Å². The van der Waals surface area contributed by atoms with Gasteiger partial charge in [0.15, 0.2) is 12.6 Å². The molecule has 6 unspecified atom stereocenters. The molecule has 0 spiro atoms. The number of aliphatic hydroxyl groups excluding tert-OH is 13. The number of azide groups is 1. The van der Waals surface area contributed by atoms with Gasteiger partial charge in [-0.1, -0.05) is 11.5 Å². The van der Waals surface area contributed by atoms with E-state index in [0.29, 0.717) is 19.3 Å². The van der Waals surface area contributed by atoms with E-state index in [1.165, 1.54) is 13.8 Å². The van der Waals surface area contributed by atoms with Gasteiger partial charge >= 0.3 is 11.9 Å². The second-order valence-corrected chi connectivity index (χ2v) is 16.6. The van der Waals surface area contributed by atoms with Crippen LogP contribution in [0, 0.1) is 0 Å². The van der Waals surface area contributed by atoms with Gasteiger partial charge in [-0.05, 0) is 32.2 Å². The van der Waals surface area contributed by atoms with Gasteiger partial charge in [0.05, 0.1) is 50.7 Å². The van der Waals surface area contributed by atoms with Crippen LogP contribution < -0.4 is 11.5 Å². The summed E-state index contributed by atoms with van der Waals surface area (Å²) in [4.78, 5) is 45.8. The molecule has 0 saturated carbocycles. The molecular formula is C39H69N5O27. The summed E-state index contributed by atoms with van der Waals surface area (Å²) in [6.07, 6.45) is -34.1. The van der Waals surface area contributed by atoms with Gasteiger partial charge in [-0.2, -0.15) is 0 Å². The fourth-order valence-corrected chi connectivity index (χ4v) is 7.58. The average molecular weight is 1040 g/mol. The molecule has 0 aromatic carbocycles. The smallest absolute Gasteiger partial charge is 0.364 e. The van der Waals surface area contributed by atoms with Crippen molar-refractivity contribution in [2.45, 2.75) is 180 Å². The van der Waals surface area contributed by atoms with Crippen LogP contribution in [0.15, 0.2) is 5.11 Å². The zero-order valence-corrected chi connectivity index (χ0v) is 38.6. The highest BCUT2D eigenvalue weighted by Gasteiger charge is 2.59. The molecule has 0 bridgehead atoms. The normalized spacial score (nSPS) is 38.8. The van der Waals surface area contributed by atoms with E-state index in [-0.39, 0.29) is 13.2 Å². The Morgan fingerprint density at radius 2 is 1.14 bits per heavy atom. The monoisotopic (exact) mass is 1040 g/mol. The SMILES string of the molecule is CC=O.CC=O.[N-]=[N+]=NCCCCCO[C@H]1OC(CO[C@]2(C(=O)O)C[C@@H](O[C@H]3OC(CO[C@]4(C(=O)O)C[C@@H](O)[C@@H](N)C([C@H](O)[C@H](O)CO)O4)[C@H](O)[C@H](O)C3O)[C@@H](N)C([C@H](O)[C@H](O)CO)O2)[C@H](O)[C@H](O)C1O. The summed E-state index contributed by atoms with van der Waals surface area (Å²) >= 11 is 0. The first kappa shape index (κ1) is 63.8. The van der Waals surface area contributed by atoms with Crippen molar-refractivity contribution in [3.05, 3.63) is 10.4 Å². The minimum Gasteiger partial charge on any atom is -0.477 e. The molecule has 412 valence electrons. The standard InChI is InChI=1S/C35H61N5O25.2C2H4O/c36-18-12(43)6-34(32(54)55,64-28(18)20(46)13(44)8-41)59-11-17-23(49)25(51)27(53)31(63-17)61-15-7-35(33(56)57,65-29(19(15)37)21(47)14(45)9-42)60-10-16-22(48)24(50)26(52)30(62-16)58-5-3-1-2-4-39-40-38;2*1-2-3/h12-31,41-53H,1-11,36-37H2,(H,54,55)(H,56,57);2*2H,1H3/t12-,13-,14-,15-,16?,17?,18-,19-,20-,21-,22+,23+,24+,25+,26?,27?,28?,29?,30+,31+,34-,35-;;/m1../s1. The highest BCUT2D eigenvalue weighted by molar-refractivity contribution is 5.76. The van der Waals surface area contributed by atoms with Gasteiger partial charge in [-0.25, -0.2) is 9.59 Å². The van der Waals surface area contributed by atoms with Gasteiger partial charge in [0.25, 0.3) is 11.6 Å². The van der Waals surface area contributed by atoms with Crippen LogP contribution in [0.5, 0.6) is 0 Å².